The van der Waals surface area contributed by atoms with Crippen molar-refractivity contribution in [3.8, 4) is 0 Å². The zero-order chi connectivity index (χ0) is 10.6. The van der Waals surface area contributed by atoms with E-state index in [1.165, 1.54) is 31.0 Å². The lowest BCUT2D eigenvalue weighted by molar-refractivity contribution is 0.118. The van der Waals surface area contributed by atoms with Crippen LogP contribution in [0.25, 0.3) is 0 Å². The van der Waals surface area contributed by atoms with Crippen LogP contribution in [-0.2, 0) is 4.74 Å². The Labute approximate surface area is 96.7 Å². The fourth-order valence-corrected chi connectivity index (χ4v) is 3.35. The number of nitrogens with zero attached hydrogens (tertiary/aromatic N) is 1. The summed E-state index contributed by atoms with van der Waals surface area (Å²) in [5.41, 5.74) is 6.17. The second kappa shape index (κ2) is 5.53. The molecular weight excluding hydrogens is 208 g/mol. The Hall–Kier alpha value is 0.230. The molecule has 2 fully saturated rings. The van der Waals surface area contributed by atoms with Crippen LogP contribution in [0.15, 0.2) is 0 Å². The molecule has 0 aromatic rings. The third-order valence-corrected chi connectivity index (χ3v) is 4.54. The van der Waals surface area contributed by atoms with E-state index in [0.29, 0.717) is 0 Å². The van der Waals surface area contributed by atoms with Crippen LogP contribution >= 0.6 is 11.8 Å². The van der Waals surface area contributed by atoms with Crippen LogP contribution in [0.1, 0.15) is 12.8 Å². The van der Waals surface area contributed by atoms with E-state index < -0.39 is 0 Å². The zero-order valence-electron chi connectivity index (χ0n) is 9.41. The van der Waals surface area contributed by atoms with Crippen LogP contribution in [-0.4, -0.2) is 55.8 Å². The van der Waals surface area contributed by atoms with Crippen molar-refractivity contribution in [1.82, 2.24) is 4.90 Å². The highest BCUT2D eigenvalue weighted by atomic mass is 32.2. The monoisotopic (exact) mass is 230 g/mol. The van der Waals surface area contributed by atoms with Gasteiger partial charge in [-0.1, -0.05) is 0 Å². The van der Waals surface area contributed by atoms with E-state index in [2.05, 4.69) is 16.7 Å². The number of thioether (sulfide) groups is 1. The molecule has 0 saturated carbocycles. The largest absolute Gasteiger partial charge is 0.381 e. The SMILES string of the molecule is NCC1(CN2CCCSCC2)CCOC1. The van der Waals surface area contributed by atoms with Gasteiger partial charge in [-0.05, 0) is 25.1 Å². The second-order valence-corrected chi connectivity index (χ2v) is 5.97. The number of hydrogen-bond donors (Lipinski definition) is 1. The maximum absolute atomic E-state index is 5.91. The van der Waals surface area contributed by atoms with Crippen molar-refractivity contribution in [2.24, 2.45) is 11.1 Å². The highest BCUT2D eigenvalue weighted by Gasteiger charge is 2.35. The minimum absolute atomic E-state index is 0.259. The van der Waals surface area contributed by atoms with Gasteiger partial charge in [0.2, 0.25) is 0 Å². The third-order valence-electron chi connectivity index (χ3n) is 3.49. The molecule has 3 nitrogen and oxygen atoms in total. The summed E-state index contributed by atoms with van der Waals surface area (Å²) >= 11 is 2.08. The van der Waals surface area contributed by atoms with Gasteiger partial charge in [-0.15, -0.1) is 0 Å². The Morgan fingerprint density at radius 2 is 2.27 bits per heavy atom. The smallest absolute Gasteiger partial charge is 0.0547 e. The van der Waals surface area contributed by atoms with E-state index in [-0.39, 0.29) is 5.41 Å². The van der Waals surface area contributed by atoms with Crippen molar-refractivity contribution in [3.05, 3.63) is 0 Å². The first-order valence-electron chi connectivity index (χ1n) is 5.93. The van der Waals surface area contributed by atoms with Gasteiger partial charge in [-0.25, -0.2) is 0 Å². The van der Waals surface area contributed by atoms with E-state index in [1.807, 2.05) is 0 Å². The van der Waals surface area contributed by atoms with E-state index in [0.717, 1.165) is 32.7 Å². The molecule has 0 bridgehead atoms. The highest BCUT2D eigenvalue weighted by Crippen LogP contribution is 2.29. The molecule has 2 aliphatic rings. The van der Waals surface area contributed by atoms with Crippen molar-refractivity contribution in [1.29, 1.82) is 0 Å². The van der Waals surface area contributed by atoms with E-state index in [1.54, 1.807) is 0 Å². The number of rotatable bonds is 3. The molecule has 2 N–H and O–H groups in total. The molecular formula is C11H22N2OS. The van der Waals surface area contributed by atoms with E-state index >= 15 is 0 Å². The Kier molecular flexibility index (Phi) is 4.31. The minimum atomic E-state index is 0.259. The van der Waals surface area contributed by atoms with Crippen LogP contribution in [0.5, 0.6) is 0 Å². The molecule has 1 unspecified atom stereocenters. The van der Waals surface area contributed by atoms with Crippen LogP contribution in [0.4, 0.5) is 0 Å². The molecule has 15 heavy (non-hydrogen) atoms. The standard InChI is InChI=1S/C11H22N2OS/c12-8-11(2-5-14-10-11)9-13-3-1-6-15-7-4-13/h1-10,12H2. The van der Waals surface area contributed by atoms with E-state index in [4.69, 9.17) is 10.5 Å². The minimum Gasteiger partial charge on any atom is -0.381 e. The molecule has 0 aliphatic carbocycles. The first-order valence-corrected chi connectivity index (χ1v) is 7.08. The van der Waals surface area contributed by atoms with Crippen LogP contribution in [0, 0.1) is 5.41 Å². The van der Waals surface area contributed by atoms with Crippen molar-refractivity contribution in [2.45, 2.75) is 12.8 Å². The Bertz CT molecular complexity index is 187. The summed E-state index contributed by atoms with van der Waals surface area (Å²) in [6, 6.07) is 0. The summed E-state index contributed by atoms with van der Waals surface area (Å²) in [5, 5.41) is 0. The molecule has 2 aliphatic heterocycles. The van der Waals surface area contributed by atoms with Gasteiger partial charge < -0.3 is 15.4 Å². The molecule has 88 valence electrons. The fourth-order valence-electron chi connectivity index (χ4n) is 2.43. The third kappa shape index (κ3) is 3.09. The fraction of sp³-hybridized carbons (Fsp3) is 1.00. The van der Waals surface area contributed by atoms with Gasteiger partial charge >= 0.3 is 0 Å². The topological polar surface area (TPSA) is 38.5 Å². The van der Waals surface area contributed by atoms with Gasteiger partial charge in [0.1, 0.15) is 0 Å². The first kappa shape index (κ1) is 11.7. The molecule has 2 saturated heterocycles. The predicted octanol–water partition coefficient (Wildman–Crippen LogP) is 0.791. The molecule has 0 amide bonds. The summed E-state index contributed by atoms with van der Waals surface area (Å²) in [5.74, 6) is 2.60. The van der Waals surface area contributed by atoms with Crippen molar-refractivity contribution >= 4 is 11.8 Å². The second-order valence-electron chi connectivity index (χ2n) is 4.75. The van der Waals surface area contributed by atoms with Gasteiger partial charge in [0.05, 0.1) is 6.61 Å². The lowest BCUT2D eigenvalue weighted by Crippen LogP contribution is -2.44. The van der Waals surface area contributed by atoms with Gasteiger partial charge in [-0.2, -0.15) is 11.8 Å². The van der Waals surface area contributed by atoms with Crippen molar-refractivity contribution in [2.75, 3.05) is 50.9 Å². The predicted molar refractivity (Wildman–Crippen MR) is 65.3 cm³/mol. The Balaban J connectivity index is 1.87. The average Bonchev–Trinajstić information content (AvgIpc) is 2.57. The molecule has 4 heteroatoms. The van der Waals surface area contributed by atoms with Gasteiger partial charge in [0.15, 0.2) is 0 Å². The van der Waals surface area contributed by atoms with Crippen LogP contribution in [0.3, 0.4) is 0 Å². The Morgan fingerprint density at radius 3 is 3.00 bits per heavy atom. The van der Waals surface area contributed by atoms with Gasteiger partial charge in [-0.3, -0.25) is 0 Å². The molecule has 2 heterocycles. The van der Waals surface area contributed by atoms with Crippen LogP contribution < -0.4 is 5.73 Å². The Morgan fingerprint density at radius 1 is 1.33 bits per heavy atom. The molecule has 0 radical (unpaired) electrons. The summed E-state index contributed by atoms with van der Waals surface area (Å²) in [7, 11) is 0. The lowest BCUT2D eigenvalue weighted by Gasteiger charge is -2.32. The first-order chi connectivity index (χ1) is 7.35. The van der Waals surface area contributed by atoms with Crippen molar-refractivity contribution in [3.63, 3.8) is 0 Å². The van der Waals surface area contributed by atoms with Gasteiger partial charge in [0, 0.05) is 37.4 Å². The van der Waals surface area contributed by atoms with Crippen molar-refractivity contribution < 1.29 is 4.74 Å². The maximum Gasteiger partial charge on any atom is 0.0547 e. The number of nitrogens with two attached hydrogens (primary N) is 1. The van der Waals surface area contributed by atoms with Gasteiger partial charge in [0.25, 0.3) is 0 Å². The lowest BCUT2D eigenvalue weighted by atomic mass is 9.87. The highest BCUT2D eigenvalue weighted by molar-refractivity contribution is 7.99. The summed E-state index contributed by atoms with van der Waals surface area (Å²) in [4.78, 5) is 2.58. The summed E-state index contributed by atoms with van der Waals surface area (Å²) in [6.07, 6.45) is 2.47. The molecule has 0 aromatic heterocycles. The molecule has 0 spiro atoms. The van der Waals surface area contributed by atoms with Crippen LogP contribution in [0.2, 0.25) is 0 Å². The molecule has 0 aromatic carbocycles. The molecule has 2 rings (SSSR count). The summed E-state index contributed by atoms with van der Waals surface area (Å²) in [6.45, 7) is 6.16. The summed E-state index contributed by atoms with van der Waals surface area (Å²) < 4.78 is 5.51. The van der Waals surface area contributed by atoms with E-state index in [9.17, 15) is 0 Å². The normalized spacial score (nSPS) is 34.2. The molecule has 1 atom stereocenters. The number of ether oxygens (including phenoxy) is 1. The average molecular weight is 230 g/mol. The maximum atomic E-state index is 5.91. The number of hydrogen-bond acceptors (Lipinski definition) is 4. The quantitative estimate of drug-likeness (QED) is 0.778. The zero-order valence-corrected chi connectivity index (χ0v) is 10.2.